The summed E-state index contributed by atoms with van der Waals surface area (Å²) in [4.78, 5) is 11.8. The highest BCUT2D eigenvalue weighted by molar-refractivity contribution is 8.01. The van der Waals surface area contributed by atoms with Gasteiger partial charge in [0.2, 0.25) is 11.0 Å². The molecule has 0 aromatic carbocycles. The smallest absolute Gasteiger partial charge is 0.236 e. The molecule has 1 amide bonds. The normalized spacial score (nSPS) is 11.4. The van der Waals surface area contributed by atoms with Crippen LogP contribution in [0.4, 0.5) is 10.9 Å². The average Bonchev–Trinajstić information content (AvgIpc) is 2.94. The van der Waals surface area contributed by atoms with Crippen LogP contribution in [-0.2, 0) is 4.79 Å². The number of hydrogen-bond acceptors (Lipinski definition) is 8. The average molecular weight is 327 g/mol. The maximum atomic E-state index is 11.8. The lowest BCUT2D eigenvalue weighted by atomic mass is 10.1. The Morgan fingerprint density at radius 1 is 1.43 bits per heavy atom. The molecule has 2 heterocycles. The number of rotatable bonds is 5. The van der Waals surface area contributed by atoms with Gasteiger partial charge in [-0.25, -0.2) is 0 Å². The highest BCUT2D eigenvalue weighted by atomic mass is 32.2. The van der Waals surface area contributed by atoms with Crippen LogP contribution in [0.5, 0.6) is 0 Å². The third-order valence-corrected chi connectivity index (χ3v) is 4.08. The molecule has 0 aliphatic heterocycles. The second kappa shape index (κ2) is 6.44. The van der Waals surface area contributed by atoms with Crippen LogP contribution in [0.25, 0.3) is 0 Å². The van der Waals surface area contributed by atoms with Crippen LogP contribution in [0.1, 0.15) is 26.5 Å². The van der Waals surface area contributed by atoms with Gasteiger partial charge in [-0.3, -0.25) is 4.79 Å². The third-order valence-electron chi connectivity index (χ3n) is 2.11. The van der Waals surface area contributed by atoms with Gasteiger partial charge in [0.1, 0.15) is 5.76 Å². The number of nitrogens with one attached hydrogen (secondary N) is 2. The highest BCUT2D eigenvalue weighted by Crippen LogP contribution is 2.27. The molecule has 0 aliphatic carbocycles. The highest BCUT2D eigenvalue weighted by Gasteiger charge is 2.14. The van der Waals surface area contributed by atoms with E-state index in [1.807, 2.05) is 0 Å². The number of carbonyl (C=O) groups excluding carboxylic acids is 1. The largest absolute Gasteiger partial charge is 0.360 e. The number of hydrogen-bond donors (Lipinski definition) is 2. The minimum absolute atomic E-state index is 0.0658. The van der Waals surface area contributed by atoms with Crippen molar-refractivity contribution in [2.75, 3.05) is 16.4 Å². The molecule has 2 aromatic heterocycles. The summed E-state index contributed by atoms with van der Waals surface area (Å²) in [6, 6.07) is 1.67. The molecule has 9 heteroatoms. The Kier molecular flexibility index (Phi) is 4.84. The Hall–Kier alpha value is -1.61. The van der Waals surface area contributed by atoms with E-state index >= 15 is 0 Å². The summed E-state index contributed by atoms with van der Waals surface area (Å²) < 4.78 is 5.62. The van der Waals surface area contributed by atoms with E-state index in [9.17, 15) is 4.79 Å². The molecule has 0 atom stereocenters. The van der Waals surface area contributed by atoms with Crippen molar-refractivity contribution in [3.05, 3.63) is 11.8 Å². The first kappa shape index (κ1) is 15.8. The monoisotopic (exact) mass is 327 g/mol. The standard InChI is InChI=1S/C12H17N5O2S2/c1-7-5-8(17-19-7)13-9(18)6-20-11-16-15-10(21-11)14-12(2,3)4/h5H,6H2,1-4H3,(H,14,15)(H,13,17,18). The van der Waals surface area contributed by atoms with Crippen LogP contribution in [-0.4, -0.2) is 32.6 Å². The lowest BCUT2D eigenvalue weighted by molar-refractivity contribution is -0.113. The molecule has 0 saturated heterocycles. The molecule has 0 saturated carbocycles. The Morgan fingerprint density at radius 3 is 2.81 bits per heavy atom. The van der Waals surface area contributed by atoms with Crippen molar-refractivity contribution in [3.8, 4) is 0 Å². The fourth-order valence-electron chi connectivity index (χ4n) is 1.37. The molecule has 2 N–H and O–H groups in total. The summed E-state index contributed by atoms with van der Waals surface area (Å²) in [5.41, 5.74) is -0.0658. The number of aryl methyl sites for hydroxylation is 1. The number of amides is 1. The van der Waals surface area contributed by atoms with Crippen LogP contribution >= 0.6 is 23.1 Å². The minimum Gasteiger partial charge on any atom is -0.360 e. The van der Waals surface area contributed by atoms with Gasteiger partial charge in [-0.2, -0.15) is 0 Å². The molecule has 7 nitrogen and oxygen atoms in total. The second-order valence-electron chi connectivity index (χ2n) is 5.41. The summed E-state index contributed by atoms with van der Waals surface area (Å²) >= 11 is 2.76. The predicted molar refractivity (Wildman–Crippen MR) is 83.9 cm³/mol. The molecule has 21 heavy (non-hydrogen) atoms. The SMILES string of the molecule is Cc1cc(NC(=O)CSc2nnc(NC(C)(C)C)s2)no1. The fourth-order valence-corrected chi connectivity index (χ4v) is 3.13. The van der Waals surface area contributed by atoms with E-state index in [-0.39, 0.29) is 17.2 Å². The van der Waals surface area contributed by atoms with Crippen LogP contribution < -0.4 is 10.6 Å². The molecule has 0 unspecified atom stereocenters. The van der Waals surface area contributed by atoms with E-state index in [2.05, 4.69) is 46.8 Å². The summed E-state index contributed by atoms with van der Waals surface area (Å²) in [6.45, 7) is 7.92. The maximum Gasteiger partial charge on any atom is 0.236 e. The van der Waals surface area contributed by atoms with E-state index < -0.39 is 0 Å². The number of thioether (sulfide) groups is 1. The lowest BCUT2D eigenvalue weighted by Crippen LogP contribution is -2.25. The molecule has 0 spiro atoms. The van der Waals surface area contributed by atoms with Gasteiger partial charge in [0.15, 0.2) is 10.2 Å². The quantitative estimate of drug-likeness (QED) is 0.816. The molecular formula is C12H17N5O2S2. The first-order valence-electron chi connectivity index (χ1n) is 6.29. The molecule has 0 fully saturated rings. The van der Waals surface area contributed by atoms with E-state index in [4.69, 9.17) is 4.52 Å². The van der Waals surface area contributed by atoms with Crippen LogP contribution in [0, 0.1) is 6.92 Å². The van der Waals surface area contributed by atoms with Crippen LogP contribution in [0.15, 0.2) is 14.9 Å². The van der Waals surface area contributed by atoms with Crippen molar-refractivity contribution < 1.29 is 9.32 Å². The van der Waals surface area contributed by atoms with Gasteiger partial charge in [0, 0.05) is 11.6 Å². The van der Waals surface area contributed by atoms with Gasteiger partial charge in [-0.1, -0.05) is 28.3 Å². The fraction of sp³-hybridized carbons (Fsp3) is 0.500. The zero-order valence-electron chi connectivity index (χ0n) is 12.3. The van der Waals surface area contributed by atoms with Gasteiger partial charge < -0.3 is 15.2 Å². The molecule has 0 bridgehead atoms. The minimum atomic E-state index is -0.158. The van der Waals surface area contributed by atoms with Gasteiger partial charge in [0.25, 0.3) is 0 Å². The van der Waals surface area contributed by atoms with E-state index in [1.165, 1.54) is 23.1 Å². The van der Waals surface area contributed by atoms with Crippen LogP contribution in [0.2, 0.25) is 0 Å². The molecule has 2 rings (SSSR count). The Bertz CT molecular complexity index is 617. The zero-order chi connectivity index (χ0) is 15.5. The molecule has 0 radical (unpaired) electrons. The molecular weight excluding hydrogens is 310 g/mol. The van der Waals surface area contributed by atoms with Gasteiger partial charge in [-0.15, -0.1) is 10.2 Å². The van der Waals surface area contributed by atoms with Crippen molar-refractivity contribution in [1.82, 2.24) is 15.4 Å². The van der Waals surface area contributed by atoms with E-state index in [0.717, 1.165) is 9.47 Å². The third kappa shape index (κ3) is 5.35. The summed E-state index contributed by atoms with van der Waals surface area (Å²) in [6.07, 6.45) is 0. The molecule has 0 aliphatic rings. The van der Waals surface area contributed by atoms with Gasteiger partial charge >= 0.3 is 0 Å². The van der Waals surface area contributed by atoms with Crippen molar-refractivity contribution >= 4 is 40.0 Å². The number of carbonyl (C=O) groups is 1. The van der Waals surface area contributed by atoms with Crippen molar-refractivity contribution in [1.29, 1.82) is 0 Å². The van der Waals surface area contributed by atoms with E-state index in [1.54, 1.807) is 13.0 Å². The summed E-state index contributed by atoms with van der Waals surface area (Å²) in [7, 11) is 0. The van der Waals surface area contributed by atoms with E-state index in [0.29, 0.717) is 11.6 Å². The first-order chi connectivity index (χ1) is 9.82. The molecule has 2 aromatic rings. The summed E-state index contributed by atoms with van der Waals surface area (Å²) in [5.74, 6) is 1.16. The van der Waals surface area contributed by atoms with Gasteiger partial charge in [0.05, 0.1) is 5.75 Å². The second-order valence-corrected chi connectivity index (χ2v) is 7.61. The lowest BCUT2D eigenvalue weighted by Gasteiger charge is -2.18. The first-order valence-corrected chi connectivity index (χ1v) is 8.10. The Balaban J connectivity index is 1.81. The maximum absolute atomic E-state index is 11.8. The van der Waals surface area contributed by atoms with Crippen molar-refractivity contribution in [2.45, 2.75) is 37.6 Å². The van der Waals surface area contributed by atoms with Gasteiger partial charge in [-0.05, 0) is 27.7 Å². The predicted octanol–water partition coefficient (Wildman–Crippen LogP) is 2.78. The summed E-state index contributed by atoms with van der Waals surface area (Å²) in [5, 5.41) is 18.4. The Morgan fingerprint density at radius 2 is 2.19 bits per heavy atom. The van der Waals surface area contributed by atoms with Crippen molar-refractivity contribution in [2.24, 2.45) is 0 Å². The number of anilines is 2. The van der Waals surface area contributed by atoms with Crippen molar-refractivity contribution in [3.63, 3.8) is 0 Å². The topological polar surface area (TPSA) is 92.9 Å². The molecule has 114 valence electrons. The zero-order valence-corrected chi connectivity index (χ0v) is 13.9. The number of aromatic nitrogens is 3. The number of nitrogens with zero attached hydrogens (tertiary/aromatic N) is 3. The Labute approximate surface area is 130 Å². The van der Waals surface area contributed by atoms with Crippen LogP contribution in [0.3, 0.4) is 0 Å².